The molecule has 6 saturated heterocycles. The highest BCUT2D eigenvalue weighted by Crippen LogP contribution is 2.46. The molecule has 8 aliphatic heterocycles. The van der Waals surface area contributed by atoms with Gasteiger partial charge >= 0.3 is 0 Å². The maximum atomic E-state index is 14.8. The van der Waals surface area contributed by atoms with E-state index in [1.54, 1.807) is 9.36 Å². The highest BCUT2D eigenvalue weighted by Gasteiger charge is 2.48. The van der Waals surface area contributed by atoms with E-state index in [0.717, 1.165) is 79.9 Å². The second-order valence-electron chi connectivity index (χ2n) is 22.7. The van der Waals surface area contributed by atoms with Gasteiger partial charge in [0.25, 0.3) is 0 Å². The zero-order valence-electron chi connectivity index (χ0n) is 43.8. The first-order chi connectivity index (χ1) is 37.1. The van der Waals surface area contributed by atoms with Crippen LogP contribution in [-0.2, 0) is 20.7 Å². The minimum absolute atomic E-state index is 0.0746. The molecule has 0 unspecified atom stereocenters. The fourth-order valence-corrected chi connectivity index (χ4v) is 13.3. The number of benzene rings is 2. The first-order valence-electron chi connectivity index (χ1n) is 26.8. The second-order valence-corrected chi connectivity index (χ2v) is 23.0. The van der Waals surface area contributed by atoms with Crippen molar-refractivity contribution in [1.82, 2.24) is 70.2 Å². The summed E-state index contributed by atoms with van der Waals surface area (Å²) in [6, 6.07) is 12.7. The van der Waals surface area contributed by atoms with Gasteiger partial charge in [-0.1, -0.05) is 0 Å². The molecular weight excluding hydrogens is 1010 g/mol. The molecule has 6 aromatic rings. The lowest BCUT2D eigenvalue weighted by molar-refractivity contribution is -0.0612. The third-order valence-electron chi connectivity index (χ3n) is 16.7. The van der Waals surface area contributed by atoms with Crippen LogP contribution < -0.4 is 31.2 Å². The van der Waals surface area contributed by atoms with Crippen LogP contribution in [0.25, 0.3) is 11.4 Å². The van der Waals surface area contributed by atoms with Gasteiger partial charge in [0.2, 0.25) is 22.9 Å². The lowest BCUT2D eigenvalue weighted by Crippen LogP contribution is -2.55. The molecule has 0 saturated carbocycles. The molecule has 2 aromatic carbocycles. The Morgan fingerprint density at radius 2 is 1.17 bits per heavy atom. The van der Waals surface area contributed by atoms with Crippen LogP contribution in [0.15, 0.2) is 48.8 Å². The summed E-state index contributed by atoms with van der Waals surface area (Å²) < 4.78 is 55.6. The predicted molar refractivity (Wildman–Crippen MR) is 281 cm³/mol. The number of ether oxygens (including phenoxy) is 4. The molecule has 8 aliphatic rings. The molecule has 14 rings (SSSR count). The zero-order chi connectivity index (χ0) is 53.1. The maximum Gasteiger partial charge on any atom is 0.229 e. The van der Waals surface area contributed by atoms with Crippen molar-refractivity contribution in [3.63, 3.8) is 0 Å². The average Bonchev–Trinajstić information content (AvgIpc) is 4.37. The highest BCUT2D eigenvalue weighted by atomic mass is 35.5. The number of nitrogens with two attached hydrogens (primary N) is 1. The molecule has 6 fully saturated rings. The first-order valence-corrected chi connectivity index (χ1v) is 27.2. The van der Waals surface area contributed by atoms with Gasteiger partial charge < -0.3 is 40.6 Å². The van der Waals surface area contributed by atoms with E-state index in [0.29, 0.717) is 74.6 Å². The number of hydrogen-bond acceptors (Lipinski definition) is 20. The van der Waals surface area contributed by atoms with Crippen molar-refractivity contribution in [2.24, 2.45) is 0 Å². The van der Waals surface area contributed by atoms with Crippen LogP contribution in [0.3, 0.4) is 0 Å². The standard InChI is InChI=1S/C26H32FN9O2.C14H20ClFN4.C12H13N5O2/c1-25(2)14-17(12-18-4-3-9-35(18)25)29-22-19(27)15-28-24(31-22)30-16-5-6-21-20(13-16)36-23(32-33-34-36)26(38-21)7-10-37-11-8-26;1-14(2)7-9(6-10-4-3-5-20(10)14)18-12-11(16)8-17-13(15)19-12;13-8-1-2-10-9(7-8)17-11(14-15-16-17)12(19-10)3-5-18-6-4-12/h5-6,13,15,17-18H,3-4,7-12,14H2,1-2H3,(H2,28,29,30,31);8-10H,3-7H2,1-2H3,(H,17,18,19);1-2,7H,3-6,13H2/t17-,18+;9-,10+;/m11./s1. The van der Waals surface area contributed by atoms with E-state index >= 15 is 0 Å². The van der Waals surface area contributed by atoms with Crippen LogP contribution >= 0.6 is 11.6 Å². The van der Waals surface area contributed by atoms with Crippen molar-refractivity contribution in [1.29, 1.82) is 0 Å². The van der Waals surface area contributed by atoms with Gasteiger partial charge in [-0.05, 0) is 161 Å². The summed E-state index contributed by atoms with van der Waals surface area (Å²) in [5.41, 5.74) is 7.85. The van der Waals surface area contributed by atoms with Gasteiger partial charge in [-0.3, -0.25) is 9.80 Å². The molecule has 12 heterocycles. The fourth-order valence-electron chi connectivity index (χ4n) is 13.2. The second kappa shape index (κ2) is 20.4. The molecule has 0 bridgehead atoms. The Hall–Kier alpha value is -6.47. The van der Waals surface area contributed by atoms with E-state index in [1.165, 1.54) is 38.4 Å². The average molecular weight is 1080 g/mol. The lowest BCUT2D eigenvalue weighted by Gasteiger charge is -2.47. The smallest absolute Gasteiger partial charge is 0.229 e. The number of tetrazole rings is 2. The fraction of sp³-hybridized carbons (Fsp3) is 0.577. The number of nitrogens with one attached hydrogen (secondary N) is 3. The van der Waals surface area contributed by atoms with Gasteiger partial charge in [0.1, 0.15) is 22.9 Å². The Morgan fingerprint density at radius 1 is 0.662 bits per heavy atom. The summed E-state index contributed by atoms with van der Waals surface area (Å²) in [6.07, 6.45) is 14.0. The largest absolute Gasteiger partial charge is 0.477 e. The summed E-state index contributed by atoms with van der Waals surface area (Å²) in [4.78, 5) is 21.5. The summed E-state index contributed by atoms with van der Waals surface area (Å²) >= 11 is 5.74. The van der Waals surface area contributed by atoms with Crippen molar-refractivity contribution >= 4 is 40.6 Å². The monoisotopic (exact) mass is 1080 g/mol. The van der Waals surface area contributed by atoms with E-state index in [4.69, 9.17) is 36.3 Å². The van der Waals surface area contributed by atoms with E-state index in [2.05, 4.69) is 104 Å². The number of piperidine rings is 2. The van der Waals surface area contributed by atoms with Crippen molar-refractivity contribution in [2.75, 3.05) is 61.2 Å². The first kappa shape index (κ1) is 51.3. The van der Waals surface area contributed by atoms with Crippen LogP contribution in [-0.4, -0.2) is 145 Å². The number of aromatic nitrogens is 12. The molecule has 4 atom stereocenters. The van der Waals surface area contributed by atoms with E-state index in [9.17, 15) is 8.78 Å². The third-order valence-corrected chi connectivity index (χ3v) is 16.9. The van der Waals surface area contributed by atoms with Crippen LogP contribution in [0.5, 0.6) is 11.5 Å². The number of nitrogen functional groups attached to an aromatic ring is 1. The Labute approximate surface area is 449 Å². The van der Waals surface area contributed by atoms with Crippen LogP contribution in [0.4, 0.5) is 37.7 Å². The molecule has 0 radical (unpaired) electrons. The van der Waals surface area contributed by atoms with Gasteiger partial charge in [0, 0.05) is 72.3 Å². The molecule has 22 nitrogen and oxygen atoms in total. The molecule has 25 heteroatoms. The molecule has 77 heavy (non-hydrogen) atoms. The van der Waals surface area contributed by atoms with E-state index < -0.39 is 22.8 Å². The normalized spacial score (nSPS) is 24.9. The molecule has 408 valence electrons. The summed E-state index contributed by atoms with van der Waals surface area (Å²) in [7, 11) is 0. The Bertz CT molecular complexity index is 3110. The summed E-state index contributed by atoms with van der Waals surface area (Å²) in [5, 5.41) is 34.3. The van der Waals surface area contributed by atoms with Crippen LogP contribution in [0.1, 0.15) is 116 Å². The predicted octanol–water partition coefficient (Wildman–Crippen LogP) is 7.28. The minimum atomic E-state index is -0.590. The van der Waals surface area contributed by atoms with Crippen molar-refractivity contribution < 1.29 is 27.7 Å². The molecule has 0 amide bonds. The van der Waals surface area contributed by atoms with Gasteiger partial charge in [-0.25, -0.2) is 18.7 Å². The Kier molecular flexibility index (Phi) is 13.6. The Morgan fingerprint density at radius 3 is 1.73 bits per heavy atom. The van der Waals surface area contributed by atoms with Gasteiger partial charge in [0.15, 0.2) is 34.5 Å². The number of anilines is 5. The van der Waals surface area contributed by atoms with Gasteiger partial charge in [-0.15, -0.1) is 10.2 Å². The number of rotatable bonds is 6. The molecule has 4 aromatic heterocycles. The van der Waals surface area contributed by atoms with E-state index in [-0.39, 0.29) is 40.1 Å². The molecule has 5 N–H and O–H groups in total. The quantitative estimate of drug-likeness (QED) is 0.0946. The minimum Gasteiger partial charge on any atom is -0.477 e. The molecular formula is C52H65ClF2N18O4. The highest BCUT2D eigenvalue weighted by molar-refractivity contribution is 6.28. The van der Waals surface area contributed by atoms with Crippen molar-refractivity contribution in [3.8, 4) is 22.9 Å². The maximum absolute atomic E-state index is 14.8. The number of nitrogens with zero attached hydrogens (tertiary/aromatic N) is 14. The van der Waals surface area contributed by atoms with Crippen LogP contribution in [0, 0.1) is 11.6 Å². The zero-order valence-corrected chi connectivity index (χ0v) is 44.5. The third kappa shape index (κ3) is 10.1. The van der Waals surface area contributed by atoms with Gasteiger partial charge in [0.05, 0.1) is 38.8 Å². The summed E-state index contributed by atoms with van der Waals surface area (Å²) in [5.74, 6) is 2.71. The number of halogens is 3. The molecule has 0 aliphatic carbocycles. The Balaban J connectivity index is 0.000000128. The number of hydrogen-bond donors (Lipinski definition) is 4. The molecule has 2 spiro atoms. The lowest BCUT2D eigenvalue weighted by atomic mass is 9.84. The van der Waals surface area contributed by atoms with Crippen molar-refractivity contribution in [3.05, 3.63) is 77.4 Å². The van der Waals surface area contributed by atoms with E-state index in [1.807, 2.05) is 36.4 Å². The van der Waals surface area contributed by atoms with Crippen molar-refractivity contribution in [2.45, 2.75) is 151 Å². The topological polar surface area (TPSA) is 244 Å². The van der Waals surface area contributed by atoms with Crippen LogP contribution in [0.2, 0.25) is 5.28 Å². The SMILES string of the molecule is CC1(C)C[C@H](Nc2nc(Cl)ncc2F)C[C@@H]2CCCN21.CC1(C)C[C@H](Nc2nc(Nc3ccc4c(c3)-n3nnnc3C3(CCOCC3)O4)ncc2F)C[C@@H]2CCCN21.Nc1ccc2c(c1)-n1nnnc1C1(CCOCC1)O2. The number of fused-ring (bicyclic) bond motifs is 10. The van der Waals surface area contributed by atoms with Gasteiger partial charge in [-0.2, -0.15) is 19.3 Å². The summed E-state index contributed by atoms with van der Waals surface area (Å²) in [6.45, 7) is 13.9.